The summed E-state index contributed by atoms with van der Waals surface area (Å²) in [5.74, 6) is 2.03. The second-order valence-electron chi connectivity index (χ2n) is 6.52. The van der Waals surface area contributed by atoms with E-state index < -0.39 is 0 Å². The molecular formula is C18H23N3O. The lowest BCUT2D eigenvalue weighted by atomic mass is 9.62. The van der Waals surface area contributed by atoms with Gasteiger partial charge < -0.3 is 10.4 Å². The molecule has 0 unspecified atom stereocenters. The first-order valence-electron chi connectivity index (χ1n) is 7.89. The Morgan fingerprint density at radius 3 is 2.59 bits per heavy atom. The summed E-state index contributed by atoms with van der Waals surface area (Å²) < 4.78 is 0. The Morgan fingerprint density at radius 1 is 1.23 bits per heavy atom. The second kappa shape index (κ2) is 6.05. The normalized spacial score (nSPS) is 24.1. The minimum atomic E-state index is -0.196. The van der Waals surface area contributed by atoms with E-state index in [2.05, 4.69) is 53.4 Å². The fraction of sp³-hybridized carbons (Fsp3) is 0.444. The maximum atomic E-state index is 9.81. The summed E-state index contributed by atoms with van der Waals surface area (Å²) in [7, 11) is 0. The fourth-order valence-electron chi connectivity index (χ4n) is 3.13. The van der Waals surface area contributed by atoms with Crippen molar-refractivity contribution in [3.8, 4) is 0 Å². The van der Waals surface area contributed by atoms with Gasteiger partial charge in [-0.05, 0) is 24.5 Å². The van der Waals surface area contributed by atoms with E-state index in [0.29, 0.717) is 5.92 Å². The lowest BCUT2D eigenvalue weighted by Crippen LogP contribution is -2.49. The largest absolute Gasteiger partial charge is 0.393 e. The van der Waals surface area contributed by atoms with Crippen LogP contribution in [0.5, 0.6) is 0 Å². The van der Waals surface area contributed by atoms with Gasteiger partial charge in [-0.25, -0.2) is 9.97 Å². The van der Waals surface area contributed by atoms with Gasteiger partial charge >= 0.3 is 0 Å². The van der Waals surface area contributed by atoms with Gasteiger partial charge in [-0.2, -0.15) is 0 Å². The van der Waals surface area contributed by atoms with E-state index >= 15 is 0 Å². The first-order valence-corrected chi connectivity index (χ1v) is 7.89. The molecule has 0 amide bonds. The number of aliphatic hydroxyl groups is 1. The number of nitrogens with one attached hydrogen (secondary N) is 1. The van der Waals surface area contributed by atoms with Crippen LogP contribution in [0.4, 0.5) is 5.82 Å². The summed E-state index contributed by atoms with van der Waals surface area (Å²) in [4.78, 5) is 8.86. The number of nitrogens with zero attached hydrogens (tertiary/aromatic N) is 2. The Labute approximate surface area is 131 Å². The molecule has 0 bridgehead atoms. The van der Waals surface area contributed by atoms with Crippen molar-refractivity contribution >= 4 is 5.82 Å². The Hall–Kier alpha value is -1.94. The zero-order valence-electron chi connectivity index (χ0n) is 13.2. The quantitative estimate of drug-likeness (QED) is 0.890. The molecule has 1 fully saturated rings. The highest BCUT2D eigenvalue weighted by Crippen LogP contribution is 2.43. The van der Waals surface area contributed by atoms with Crippen molar-refractivity contribution in [3.05, 3.63) is 54.0 Å². The summed E-state index contributed by atoms with van der Waals surface area (Å²) in [6, 6.07) is 12.3. The molecule has 116 valence electrons. The molecule has 1 aromatic carbocycles. The zero-order chi connectivity index (χ0) is 15.6. The van der Waals surface area contributed by atoms with Gasteiger partial charge in [0.25, 0.3) is 0 Å². The molecule has 22 heavy (non-hydrogen) atoms. The predicted molar refractivity (Wildman–Crippen MR) is 88.0 cm³/mol. The molecule has 1 saturated carbocycles. The summed E-state index contributed by atoms with van der Waals surface area (Å²) in [5.41, 5.74) is 1.29. The summed E-state index contributed by atoms with van der Waals surface area (Å²) in [6.07, 6.45) is 3.20. The highest BCUT2D eigenvalue weighted by Gasteiger charge is 2.44. The van der Waals surface area contributed by atoms with Crippen LogP contribution in [0.1, 0.15) is 44.0 Å². The number of hydrogen-bond acceptors (Lipinski definition) is 4. The number of anilines is 1. The number of aliphatic hydroxyl groups excluding tert-OH is 1. The molecular weight excluding hydrogens is 274 g/mol. The molecule has 3 rings (SSSR count). The third-order valence-electron chi connectivity index (χ3n) is 4.44. The maximum Gasteiger partial charge on any atom is 0.133 e. The van der Waals surface area contributed by atoms with E-state index in [0.717, 1.165) is 31.0 Å². The van der Waals surface area contributed by atoms with E-state index in [1.54, 1.807) is 6.20 Å². The number of hydrogen-bond donors (Lipinski definition) is 2. The van der Waals surface area contributed by atoms with Gasteiger partial charge in [-0.15, -0.1) is 0 Å². The van der Waals surface area contributed by atoms with Gasteiger partial charge in [0.15, 0.2) is 0 Å². The van der Waals surface area contributed by atoms with E-state index in [-0.39, 0.29) is 11.5 Å². The Bertz CT molecular complexity index is 621. The second-order valence-corrected chi connectivity index (χ2v) is 6.52. The molecule has 4 nitrogen and oxygen atoms in total. The molecule has 0 spiro atoms. The Balaban J connectivity index is 1.75. The van der Waals surface area contributed by atoms with E-state index in [9.17, 15) is 5.11 Å². The Kier molecular flexibility index (Phi) is 4.12. The minimum absolute atomic E-state index is 0.00359. The van der Waals surface area contributed by atoms with Crippen LogP contribution in [0.2, 0.25) is 0 Å². The molecule has 4 heteroatoms. The van der Waals surface area contributed by atoms with Crippen LogP contribution in [-0.4, -0.2) is 27.7 Å². The van der Waals surface area contributed by atoms with Crippen LogP contribution in [0.15, 0.2) is 42.6 Å². The lowest BCUT2D eigenvalue weighted by molar-refractivity contribution is 0.0242. The molecule has 2 N–H and O–H groups in total. The zero-order valence-corrected chi connectivity index (χ0v) is 13.2. The first kappa shape index (κ1) is 15.0. The smallest absolute Gasteiger partial charge is 0.133 e. The van der Waals surface area contributed by atoms with Crippen molar-refractivity contribution in [2.45, 2.75) is 44.1 Å². The van der Waals surface area contributed by atoms with Crippen molar-refractivity contribution in [3.63, 3.8) is 0 Å². The molecule has 1 aromatic heterocycles. The van der Waals surface area contributed by atoms with Crippen molar-refractivity contribution in [1.29, 1.82) is 0 Å². The highest BCUT2D eigenvalue weighted by molar-refractivity contribution is 5.38. The van der Waals surface area contributed by atoms with Crippen LogP contribution in [0.3, 0.4) is 0 Å². The maximum absolute atomic E-state index is 9.81. The lowest BCUT2D eigenvalue weighted by Gasteiger charge is -2.46. The molecule has 0 aliphatic heterocycles. The van der Waals surface area contributed by atoms with E-state index in [4.69, 9.17) is 0 Å². The predicted octanol–water partition coefficient (Wildman–Crippen LogP) is 3.10. The molecule has 0 saturated heterocycles. The van der Waals surface area contributed by atoms with Crippen molar-refractivity contribution in [2.24, 2.45) is 0 Å². The van der Waals surface area contributed by atoms with Gasteiger partial charge in [0.1, 0.15) is 11.6 Å². The van der Waals surface area contributed by atoms with Gasteiger partial charge in [0, 0.05) is 24.1 Å². The highest BCUT2D eigenvalue weighted by atomic mass is 16.3. The summed E-state index contributed by atoms with van der Waals surface area (Å²) in [5, 5.41) is 13.2. The van der Waals surface area contributed by atoms with Crippen molar-refractivity contribution in [2.75, 3.05) is 11.9 Å². The third kappa shape index (κ3) is 2.97. The first-order chi connectivity index (χ1) is 10.6. The third-order valence-corrected chi connectivity index (χ3v) is 4.44. The fourth-order valence-corrected chi connectivity index (χ4v) is 3.13. The molecule has 1 heterocycles. The van der Waals surface area contributed by atoms with Crippen LogP contribution in [-0.2, 0) is 5.41 Å². The minimum Gasteiger partial charge on any atom is -0.393 e. The van der Waals surface area contributed by atoms with E-state index in [1.807, 2.05) is 12.1 Å². The number of rotatable bonds is 5. The van der Waals surface area contributed by atoms with E-state index in [1.165, 1.54) is 5.56 Å². The van der Waals surface area contributed by atoms with Crippen LogP contribution in [0, 0.1) is 0 Å². The van der Waals surface area contributed by atoms with Crippen molar-refractivity contribution < 1.29 is 5.11 Å². The molecule has 0 atom stereocenters. The average Bonchev–Trinajstić information content (AvgIpc) is 2.51. The van der Waals surface area contributed by atoms with Crippen LogP contribution in [0.25, 0.3) is 0 Å². The Morgan fingerprint density at radius 2 is 1.95 bits per heavy atom. The van der Waals surface area contributed by atoms with Gasteiger partial charge in [0.2, 0.25) is 0 Å². The molecule has 1 aliphatic carbocycles. The van der Waals surface area contributed by atoms with Crippen molar-refractivity contribution in [1.82, 2.24) is 9.97 Å². The molecule has 1 aliphatic rings. The van der Waals surface area contributed by atoms with Crippen LogP contribution >= 0.6 is 0 Å². The monoisotopic (exact) mass is 297 g/mol. The molecule has 2 aromatic rings. The number of aromatic nitrogens is 2. The average molecular weight is 297 g/mol. The summed E-state index contributed by atoms with van der Waals surface area (Å²) >= 11 is 0. The topological polar surface area (TPSA) is 58.0 Å². The van der Waals surface area contributed by atoms with Gasteiger partial charge in [0.05, 0.1) is 6.10 Å². The SMILES string of the molecule is CC(C)c1nccc(NCC2(c3ccccc3)CC(O)C2)n1. The summed E-state index contributed by atoms with van der Waals surface area (Å²) in [6.45, 7) is 4.96. The van der Waals surface area contributed by atoms with Gasteiger partial charge in [-0.3, -0.25) is 0 Å². The standard InChI is InChI=1S/C18H23N3O/c1-13(2)17-19-9-8-16(21-17)20-12-18(10-15(22)11-18)14-6-4-3-5-7-14/h3-9,13,15,22H,10-12H2,1-2H3,(H,19,20,21). The van der Waals surface area contributed by atoms with Crippen LogP contribution < -0.4 is 5.32 Å². The molecule has 0 radical (unpaired) electrons. The number of benzene rings is 1. The van der Waals surface area contributed by atoms with Gasteiger partial charge in [-0.1, -0.05) is 44.2 Å².